The van der Waals surface area contributed by atoms with Crippen molar-refractivity contribution in [3.63, 3.8) is 0 Å². The van der Waals surface area contributed by atoms with Gasteiger partial charge in [-0.2, -0.15) is 0 Å². The number of methoxy groups -OCH3 is 2. The predicted octanol–water partition coefficient (Wildman–Crippen LogP) is 1.60. The number of amides is 1. The highest BCUT2D eigenvalue weighted by Gasteiger charge is 2.19. The summed E-state index contributed by atoms with van der Waals surface area (Å²) in [6.45, 7) is 1.94. The second-order valence-corrected chi connectivity index (χ2v) is 4.74. The molecule has 1 aromatic heterocycles. The molecule has 1 rings (SSSR count). The predicted molar refractivity (Wildman–Crippen MR) is 70.3 cm³/mol. The monoisotopic (exact) mass is 285 g/mol. The van der Waals surface area contributed by atoms with Gasteiger partial charge in [-0.05, 0) is 12.5 Å². The van der Waals surface area contributed by atoms with Crippen molar-refractivity contribution in [1.29, 1.82) is 0 Å². The van der Waals surface area contributed by atoms with Crippen LogP contribution >= 0.6 is 11.3 Å². The van der Waals surface area contributed by atoms with Crippen LogP contribution in [0.3, 0.4) is 0 Å². The average Bonchev–Trinajstić information content (AvgIpc) is 2.80. The van der Waals surface area contributed by atoms with Crippen LogP contribution in [0.25, 0.3) is 0 Å². The summed E-state index contributed by atoms with van der Waals surface area (Å²) >= 11 is 1.28. The largest absolute Gasteiger partial charge is 0.469 e. The standard InChI is InChI=1S/C12H15NO5S/c1-4-7-5-8(12(16)18-3)11(19-7)13-9(14)6-10(15)17-2/h5H,4,6H2,1-3H3,(H,13,14). The maximum absolute atomic E-state index is 11.6. The summed E-state index contributed by atoms with van der Waals surface area (Å²) < 4.78 is 9.04. The third-order valence-corrected chi connectivity index (χ3v) is 3.52. The Kier molecular flexibility index (Phi) is 5.50. The molecule has 0 atom stereocenters. The normalized spacial score (nSPS) is 9.84. The van der Waals surface area contributed by atoms with E-state index in [9.17, 15) is 14.4 Å². The van der Waals surface area contributed by atoms with Gasteiger partial charge in [0, 0.05) is 4.88 Å². The van der Waals surface area contributed by atoms with E-state index >= 15 is 0 Å². The molecule has 6 nitrogen and oxygen atoms in total. The molecule has 1 N–H and O–H groups in total. The number of aryl methyl sites for hydroxylation is 1. The van der Waals surface area contributed by atoms with Crippen molar-refractivity contribution in [2.24, 2.45) is 0 Å². The van der Waals surface area contributed by atoms with Gasteiger partial charge in [-0.15, -0.1) is 11.3 Å². The van der Waals surface area contributed by atoms with Gasteiger partial charge in [-0.3, -0.25) is 9.59 Å². The van der Waals surface area contributed by atoms with E-state index in [-0.39, 0.29) is 0 Å². The molecular weight excluding hydrogens is 270 g/mol. The maximum Gasteiger partial charge on any atom is 0.340 e. The van der Waals surface area contributed by atoms with E-state index in [0.29, 0.717) is 10.6 Å². The van der Waals surface area contributed by atoms with Gasteiger partial charge in [-0.25, -0.2) is 4.79 Å². The lowest BCUT2D eigenvalue weighted by molar-refractivity contribution is -0.142. The Balaban J connectivity index is 2.87. The smallest absolute Gasteiger partial charge is 0.340 e. The molecule has 0 aliphatic rings. The molecule has 0 unspecified atom stereocenters. The van der Waals surface area contributed by atoms with Gasteiger partial charge in [0.15, 0.2) is 0 Å². The van der Waals surface area contributed by atoms with Crippen molar-refractivity contribution in [2.75, 3.05) is 19.5 Å². The molecule has 1 aromatic rings. The minimum Gasteiger partial charge on any atom is -0.469 e. The first-order chi connectivity index (χ1) is 9.01. The molecule has 7 heteroatoms. The SMILES string of the molecule is CCc1cc(C(=O)OC)c(NC(=O)CC(=O)OC)s1. The van der Waals surface area contributed by atoms with Crippen LogP contribution in [0.4, 0.5) is 5.00 Å². The fraction of sp³-hybridized carbons (Fsp3) is 0.417. The van der Waals surface area contributed by atoms with Gasteiger partial charge in [0.2, 0.25) is 5.91 Å². The molecule has 0 radical (unpaired) electrons. The van der Waals surface area contributed by atoms with E-state index in [1.54, 1.807) is 6.07 Å². The number of ether oxygens (including phenoxy) is 2. The molecule has 0 spiro atoms. The Morgan fingerprint density at radius 1 is 1.26 bits per heavy atom. The van der Waals surface area contributed by atoms with Crippen LogP contribution in [0.5, 0.6) is 0 Å². The van der Waals surface area contributed by atoms with Crippen molar-refractivity contribution in [3.8, 4) is 0 Å². The van der Waals surface area contributed by atoms with Crippen molar-refractivity contribution < 1.29 is 23.9 Å². The van der Waals surface area contributed by atoms with Crippen molar-refractivity contribution in [1.82, 2.24) is 0 Å². The minimum absolute atomic E-state index is 0.294. The highest BCUT2D eigenvalue weighted by Crippen LogP contribution is 2.29. The van der Waals surface area contributed by atoms with E-state index < -0.39 is 24.3 Å². The number of hydrogen-bond acceptors (Lipinski definition) is 6. The zero-order valence-corrected chi connectivity index (χ0v) is 11.8. The number of rotatable bonds is 5. The third kappa shape index (κ3) is 4.06. The molecule has 104 valence electrons. The van der Waals surface area contributed by atoms with Crippen LogP contribution in [-0.2, 0) is 25.5 Å². The number of hydrogen-bond donors (Lipinski definition) is 1. The molecule has 0 saturated carbocycles. The number of anilines is 1. The van der Waals surface area contributed by atoms with Gasteiger partial charge in [0.25, 0.3) is 0 Å². The van der Waals surface area contributed by atoms with Crippen molar-refractivity contribution >= 4 is 34.2 Å². The first-order valence-electron chi connectivity index (χ1n) is 5.59. The highest BCUT2D eigenvalue weighted by atomic mass is 32.1. The molecule has 0 bridgehead atoms. The van der Waals surface area contributed by atoms with Crippen LogP contribution in [0.1, 0.15) is 28.6 Å². The number of carbonyl (C=O) groups excluding carboxylic acids is 3. The summed E-state index contributed by atoms with van der Waals surface area (Å²) in [6.07, 6.45) is 0.345. The van der Waals surface area contributed by atoms with Gasteiger partial charge in [-0.1, -0.05) is 6.92 Å². The molecule has 19 heavy (non-hydrogen) atoms. The number of carbonyl (C=O) groups is 3. The summed E-state index contributed by atoms with van der Waals surface area (Å²) in [5.74, 6) is -1.68. The lowest BCUT2D eigenvalue weighted by atomic mass is 10.2. The first-order valence-corrected chi connectivity index (χ1v) is 6.41. The Bertz CT molecular complexity index is 494. The Morgan fingerprint density at radius 2 is 1.95 bits per heavy atom. The van der Waals surface area contributed by atoms with Gasteiger partial charge in [0.05, 0.1) is 19.8 Å². The molecule has 1 heterocycles. The fourth-order valence-corrected chi connectivity index (χ4v) is 2.35. The maximum atomic E-state index is 11.6. The second kappa shape index (κ2) is 6.89. The van der Waals surface area contributed by atoms with Crippen LogP contribution in [0, 0.1) is 0 Å². The van der Waals surface area contributed by atoms with Crippen LogP contribution < -0.4 is 5.32 Å². The summed E-state index contributed by atoms with van der Waals surface area (Å²) in [5.41, 5.74) is 0.294. The van der Waals surface area contributed by atoms with Gasteiger partial charge >= 0.3 is 11.9 Å². The summed E-state index contributed by atoms with van der Waals surface area (Å²) in [6, 6.07) is 1.67. The highest BCUT2D eigenvalue weighted by molar-refractivity contribution is 7.16. The zero-order chi connectivity index (χ0) is 14.4. The van der Waals surface area contributed by atoms with E-state index in [1.165, 1.54) is 25.6 Å². The summed E-state index contributed by atoms with van der Waals surface area (Å²) in [4.78, 5) is 35.1. The topological polar surface area (TPSA) is 81.7 Å². The van der Waals surface area contributed by atoms with Crippen LogP contribution in [-0.4, -0.2) is 32.1 Å². The molecule has 0 fully saturated rings. The lowest BCUT2D eigenvalue weighted by Crippen LogP contribution is -2.18. The molecule has 0 aliphatic heterocycles. The van der Waals surface area contributed by atoms with Gasteiger partial charge < -0.3 is 14.8 Å². The number of esters is 2. The molecule has 0 saturated heterocycles. The van der Waals surface area contributed by atoms with E-state index in [2.05, 4.69) is 14.8 Å². The minimum atomic E-state index is -0.635. The van der Waals surface area contributed by atoms with Crippen molar-refractivity contribution in [2.45, 2.75) is 19.8 Å². The first kappa shape index (κ1) is 15.2. The second-order valence-electron chi connectivity index (χ2n) is 3.60. The molecular formula is C12H15NO5S. The van der Waals surface area contributed by atoms with E-state index in [0.717, 1.165) is 11.3 Å². The summed E-state index contributed by atoms with van der Waals surface area (Å²) in [5, 5.41) is 2.91. The fourth-order valence-electron chi connectivity index (χ4n) is 1.34. The summed E-state index contributed by atoms with van der Waals surface area (Å²) in [7, 11) is 2.47. The quantitative estimate of drug-likeness (QED) is 0.656. The average molecular weight is 285 g/mol. The molecule has 0 aliphatic carbocycles. The molecule has 0 aromatic carbocycles. The third-order valence-electron chi connectivity index (χ3n) is 2.32. The lowest BCUT2D eigenvalue weighted by Gasteiger charge is -2.04. The Hall–Kier alpha value is -1.89. The molecule has 1 amide bonds. The van der Waals surface area contributed by atoms with E-state index in [4.69, 9.17) is 0 Å². The van der Waals surface area contributed by atoms with Crippen molar-refractivity contribution in [3.05, 3.63) is 16.5 Å². The number of nitrogens with one attached hydrogen (secondary N) is 1. The van der Waals surface area contributed by atoms with Crippen LogP contribution in [0.15, 0.2) is 6.07 Å². The van der Waals surface area contributed by atoms with E-state index in [1.807, 2.05) is 6.92 Å². The number of thiophene rings is 1. The van der Waals surface area contributed by atoms with Gasteiger partial charge in [0.1, 0.15) is 11.4 Å². The van der Waals surface area contributed by atoms with Crippen LogP contribution in [0.2, 0.25) is 0 Å². The Labute approximate surface area is 114 Å². The Morgan fingerprint density at radius 3 is 2.47 bits per heavy atom. The zero-order valence-electron chi connectivity index (χ0n) is 10.9.